The van der Waals surface area contributed by atoms with Gasteiger partial charge >= 0.3 is 170 Å². The molecule has 4 aromatic rings. The average Bonchev–Trinajstić information content (AvgIpc) is 3.04. The van der Waals surface area contributed by atoms with Crippen LogP contribution in [0.25, 0.3) is 30.3 Å². The van der Waals surface area contributed by atoms with E-state index in [4.69, 9.17) is 5.73 Å². The fourth-order valence-electron chi connectivity index (χ4n) is 3.85. The Morgan fingerprint density at radius 3 is 2.71 bits per heavy atom. The van der Waals surface area contributed by atoms with E-state index in [1.807, 2.05) is 13.0 Å². The first-order valence-corrected chi connectivity index (χ1v) is 11.6. The molecule has 2 heterocycles. The summed E-state index contributed by atoms with van der Waals surface area (Å²) in [5.41, 5.74) is 9.28. The van der Waals surface area contributed by atoms with Crippen LogP contribution < -0.4 is 16.5 Å². The van der Waals surface area contributed by atoms with Gasteiger partial charge in [0.25, 0.3) is 0 Å². The van der Waals surface area contributed by atoms with Gasteiger partial charge in [0, 0.05) is 0 Å². The zero-order valence-electron chi connectivity index (χ0n) is 16.6. The Labute approximate surface area is 170 Å². The molecule has 6 nitrogen and oxygen atoms in total. The van der Waals surface area contributed by atoms with Gasteiger partial charge in [0.2, 0.25) is 0 Å². The molecule has 1 unspecified atom stereocenters. The zero-order chi connectivity index (χ0) is 19.8. The number of hydrogen-bond donors (Lipinski definition) is 3. The van der Waals surface area contributed by atoms with Crippen LogP contribution in [-0.2, 0) is 6.54 Å². The van der Waals surface area contributed by atoms with E-state index in [0.717, 1.165) is 52.5 Å². The van der Waals surface area contributed by atoms with Gasteiger partial charge in [-0.25, -0.2) is 0 Å². The number of hydrogen-bond acceptors (Lipinski definition) is 4. The summed E-state index contributed by atoms with van der Waals surface area (Å²) in [4.78, 5) is 15.1. The predicted molar refractivity (Wildman–Crippen MR) is 120 cm³/mol. The van der Waals surface area contributed by atoms with Crippen molar-refractivity contribution in [1.82, 2.24) is 14.7 Å². The van der Waals surface area contributed by atoms with E-state index in [2.05, 4.69) is 52.0 Å². The Hall–Kier alpha value is -2.05. The molecule has 1 atom stereocenters. The summed E-state index contributed by atoms with van der Waals surface area (Å²) in [5.74, 6) is 0. The number of H-pyrrole nitrogens is 1. The second-order valence-electron chi connectivity index (χ2n) is 7.17. The number of aromatic amines is 1. The standard InChI is InChI=1S/C21H27N5OSe/c1-4-25(5-2)11-12-26-15-10-9-14(23-13(3)22)21-18(15)20(24-26)19-16(27)7-6-8-17(19)28-21/h6-10,13,23-24H,4-5,11-12,22H2,1-3H3. The molecule has 0 aliphatic heterocycles. The van der Waals surface area contributed by atoms with Crippen LogP contribution in [0.15, 0.2) is 35.1 Å². The quantitative estimate of drug-likeness (QED) is 0.233. The minimum absolute atomic E-state index is 0.0540. The number of likely N-dealkylation sites (N-methyl/N-ethyl adjacent to an activating group) is 1. The molecule has 7 heteroatoms. The van der Waals surface area contributed by atoms with Crippen molar-refractivity contribution in [2.24, 2.45) is 5.73 Å². The molecule has 0 fully saturated rings. The maximum absolute atomic E-state index is 12.7. The van der Waals surface area contributed by atoms with Crippen molar-refractivity contribution >= 4 is 50.5 Å². The molecule has 148 valence electrons. The van der Waals surface area contributed by atoms with Gasteiger partial charge in [-0.2, -0.15) is 0 Å². The molecule has 0 saturated carbocycles. The first-order valence-electron chi connectivity index (χ1n) is 9.84. The van der Waals surface area contributed by atoms with Crippen molar-refractivity contribution in [3.63, 3.8) is 0 Å². The van der Waals surface area contributed by atoms with Gasteiger partial charge in [-0.1, -0.05) is 0 Å². The molecule has 0 aliphatic carbocycles. The average molecular weight is 444 g/mol. The van der Waals surface area contributed by atoms with E-state index in [-0.39, 0.29) is 26.1 Å². The monoisotopic (exact) mass is 445 g/mol. The molecule has 0 saturated heterocycles. The van der Waals surface area contributed by atoms with E-state index in [1.54, 1.807) is 6.07 Å². The molecule has 0 radical (unpaired) electrons. The van der Waals surface area contributed by atoms with Crippen LogP contribution in [0.3, 0.4) is 0 Å². The zero-order valence-corrected chi connectivity index (χ0v) is 18.3. The topological polar surface area (TPSA) is 79.1 Å². The van der Waals surface area contributed by atoms with Gasteiger partial charge in [0.1, 0.15) is 0 Å². The van der Waals surface area contributed by atoms with Crippen LogP contribution in [0.4, 0.5) is 5.69 Å². The fourth-order valence-corrected chi connectivity index (χ4v) is 6.40. The Morgan fingerprint density at radius 2 is 2.00 bits per heavy atom. The number of rotatable bonds is 7. The summed E-state index contributed by atoms with van der Waals surface area (Å²) in [5, 5.41) is 8.94. The summed E-state index contributed by atoms with van der Waals surface area (Å²) in [7, 11) is 0. The van der Waals surface area contributed by atoms with Crippen molar-refractivity contribution in [1.29, 1.82) is 0 Å². The SMILES string of the molecule is CCN(CC)CCn1[nH]c2c3c(=O)cccc3[se]c3c(NC(C)N)ccc1c32. The van der Waals surface area contributed by atoms with Gasteiger partial charge in [-0.15, -0.1) is 0 Å². The molecule has 2 aromatic carbocycles. The number of anilines is 1. The van der Waals surface area contributed by atoms with E-state index in [1.165, 1.54) is 9.65 Å². The summed E-state index contributed by atoms with van der Waals surface area (Å²) < 4.78 is 4.60. The minimum atomic E-state index is -0.131. The Morgan fingerprint density at radius 1 is 1.21 bits per heavy atom. The molecule has 4 rings (SSSR count). The van der Waals surface area contributed by atoms with Crippen LogP contribution >= 0.6 is 0 Å². The van der Waals surface area contributed by atoms with Crippen LogP contribution in [0.5, 0.6) is 0 Å². The van der Waals surface area contributed by atoms with Gasteiger partial charge in [-0.3, -0.25) is 0 Å². The van der Waals surface area contributed by atoms with E-state index in [9.17, 15) is 4.79 Å². The van der Waals surface area contributed by atoms with Crippen LogP contribution in [-0.4, -0.2) is 55.0 Å². The summed E-state index contributed by atoms with van der Waals surface area (Å²) in [6.07, 6.45) is -0.131. The molecule has 28 heavy (non-hydrogen) atoms. The number of nitrogens with one attached hydrogen (secondary N) is 2. The number of aromatic nitrogens is 2. The maximum atomic E-state index is 12.7. The number of fused-ring (bicyclic) bond motifs is 2. The summed E-state index contributed by atoms with van der Waals surface area (Å²) in [6.45, 7) is 10.2. The first kappa shape index (κ1) is 19.3. The third-order valence-corrected chi connectivity index (χ3v) is 7.78. The first-order chi connectivity index (χ1) is 13.5. The van der Waals surface area contributed by atoms with Gasteiger partial charge in [0.05, 0.1) is 0 Å². The molecule has 0 spiro atoms. The molecule has 2 aromatic heterocycles. The van der Waals surface area contributed by atoms with Crippen molar-refractivity contribution in [2.45, 2.75) is 33.5 Å². The van der Waals surface area contributed by atoms with Crippen LogP contribution in [0.2, 0.25) is 0 Å². The van der Waals surface area contributed by atoms with Crippen LogP contribution in [0.1, 0.15) is 20.8 Å². The van der Waals surface area contributed by atoms with Gasteiger partial charge < -0.3 is 0 Å². The molecule has 4 N–H and O–H groups in total. The Kier molecular flexibility index (Phi) is 5.34. The van der Waals surface area contributed by atoms with E-state index < -0.39 is 0 Å². The molecule has 0 amide bonds. The second kappa shape index (κ2) is 7.76. The fraction of sp³-hybridized carbons (Fsp3) is 0.381. The number of nitrogens with two attached hydrogens (primary N) is 1. The van der Waals surface area contributed by atoms with E-state index >= 15 is 0 Å². The van der Waals surface area contributed by atoms with Crippen molar-refractivity contribution < 1.29 is 0 Å². The van der Waals surface area contributed by atoms with Crippen molar-refractivity contribution in [3.8, 4) is 0 Å². The molecular weight excluding hydrogens is 417 g/mol. The van der Waals surface area contributed by atoms with Crippen molar-refractivity contribution in [2.75, 3.05) is 25.0 Å². The van der Waals surface area contributed by atoms with Gasteiger partial charge in [-0.05, 0) is 0 Å². The third-order valence-electron chi connectivity index (χ3n) is 5.29. The number of nitrogens with zero attached hydrogens (tertiary/aromatic N) is 2. The predicted octanol–water partition coefficient (Wildman–Crippen LogP) is 2.75. The Balaban J connectivity index is 1.98. The van der Waals surface area contributed by atoms with Gasteiger partial charge in [0.15, 0.2) is 0 Å². The molecule has 0 bridgehead atoms. The van der Waals surface area contributed by atoms with E-state index in [0.29, 0.717) is 0 Å². The number of benzene rings is 2. The summed E-state index contributed by atoms with van der Waals surface area (Å²) >= 11 is 0.0540. The molecular formula is C21H27N5OSe. The van der Waals surface area contributed by atoms with Crippen LogP contribution in [0, 0.1) is 0 Å². The Bertz CT molecular complexity index is 1180. The summed E-state index contributed by atoms with van der Waals surface area (Å²) in [6, 6.07) is 9.87. The normalized spacial score (nSPS) is 13.2. The van der Waals surface area contributed by atoms with Crippen molar-refractivity contribution in [3.05, 3.63) is 40.6 Å². The second-order valence-corrected chi connectivity index (χ2v) is 9.37. The molecule has 0 aliphatic rings. The third kappa shape index (κ3) is 3.29.